The van der Waals surface area contributed by atoms with Gasteiger partial charge >= 0.3 is 0 Å². The number of benzene rings is 3. The monoisotopic (exact) mass is 468 g/mol. The lowest BCUT2D eigenvalue weighted by molar-refractivity contribution is -0.125. The van der Waals surface area contributed by atoms with Crippen LogP contribution >= 0.6 is 0 Å². The summed E-state index contributed by atoms with van der Waals surface area (Å²) >= 11 is 0. The number of carbonyl (C=O) groups is 1. The molecule has 1 saturated heterocycles. The average Bonchev–Trinajstić information content (AvgIpc) is 3.31. The summed E-state index contributed by atoms with van der Waals surface area (Å²) in [6.07, 6.45) is 0. The zero-order chi connectivity index (χ0) is 23.4. The fourth-order valence-corrected chi connectivity index (χ4v) is 5.58. The van der Waals surface area contributed by atoms with Crippen molar-refractivity contribution in [2.24, 2.45) is 5.92 Å². The number of carbonyl (C=O) groups excluding carboxylic acids is 1. The Morgan fingerprint density at radius 3 is 2.30 bits per heavy atom. The second-order valence-corrected chi connectivity index (χ2v) is 9.90. The fourth-order valence-electron chi connectivity index (χ4n) is 4.09. The van der Waals surface area contributed by atoms with E-state index in [1.807, 2.05) is 30.3 Å². The summed E-state index contributed by atoms with van der Waals surface area (Å²) in [4.78, 5) is 13.3. The maximum atomic E-state index is 13.3. The molecular formula is C25H25FN2O4S. The van der Waals surface area contributed by atoms with E-state index >= 15 is 0 Å². The minimum atomic E-state index is -3.79. The van der Waals surface area contributed by atoms with Crippen LogP contribution in [0.4, 0.5) is 4.39 Å². The van der Waals surface area contributed by atoms with Crippen molar-refractivity contribution in [3.05, 3.63) is 95.8 Å². The first-order valence-corrected chi connectivity index (χ1v) is 12.0. The molecule has 2 atom stereocenters. The maximum absolute atomic E-state index is 13.3. The number of ether oxygens (including phenoxy) is 1. The molecular weight excluding hydrogens is 443 g/mol. The molecule has 1 aliphatic heterocycles. The van der Waals surface area contributed by atoms with Crippen molar-refractivity contribution in [2.75, 3.05) is 20.2 Å². The van der Waals surface area contributed by atoms with Crippen molar-refractivity contribution in [3.63, 3.8) is 0 Å². The Balaban J connectivity index is 1.56. The first kappa shape index (κ1) is 22.9. The molecule has 3 aromatic carbocycles. The van der Waals surface area contributed by atoms with Crippen LogP contribution < -0.4 is 10.1 Å². The van der Waals surface area contributed by atoms with E-state index < -0.39 is 15.9 Å². The third kappa shape index (κ3) is 5.07. The zero-order valence-electron chi connectivity index (χ0n) is 18.1. The second kappa shape index (κ2) is 9.72. The molecule has 1 amide bonds. The first-order valence-electron chi connectivity index (χ1n) is 10.6. The normalized spacial score (nSPS) is 18.7. The van der Waals surface area contributed by atoms with Crippen LogP contribution in [0.1, 0.15) is 17.0 Å². The quantitative estimate of drug-likeness (QED) is 0.575. The fraction of sp³-hybridized carbons (Fsp3) is 0.240. The molecule has 0 aliphatic carbocycles. The number of nitrogens with zero attached hydrogens (tertiary/aromatic N) is 1. The van der Waals surface area contributed by atoms with Gasteiger partial charge in [0.05, 0.1) is 17.9 Å². The Labute approximate surface area is 193 Å². The molecule has 6 nitrogen and oxygen atoms in total. The number of rotatable bonds is 7. The lowest BCUT2D eigenvalue weighted by Gasteiger charge is -2.18. The largest absolute Gasteiger partial charge is 0.497 e. The molecule has 0 aromatic heterocycles. The molecule has 1 fully saturated rings. The predicted octanol–water partition coefficient (Wildman–Crippen LogP) is 3.56. The summed E-state index contributed by atoms with van der Waals surface area (Å²) in [6, 6.07) is 21.6. The van der Waals surface area contributed by atoms with Crippen molar-refractivity contribution in [3.8, 4) is 5.75 Å². The van der Waals surface area contributed by atoms with Gasteiger partial charge in [0.1, 0.15) is 11.6 Å². The molecule has 1 N–H and O–H groups in total. The van der Waals surface area contributed by atoms with E-state index in [-0.39, 0.29) is 42.2 Å². The van der Waals surface area contributed by atoms with Crippen molar-refractivity contribution in [1.29, 1.82) is 0 Å². The van der Waals surface area contributed by atoms with Gasteiger partial charge in [0, 0.05) is 25.6 Å². The van der Waals surface area contributed by atoms with E-state index in [1.165, 1.54) is 35.7 Å². The molecule has 1 aliphatic rings. The average molecular weight is 469 g/mol. The van der Waals surface area contributed by atoms with Gasteiger partial charge in [0.25, 0.3) is 0 Å². The maximum Gasteiger partial charge on any atom is 0.243 e. The van der Waals surface area contributed by atoms with Crippen LogP contribution in [0.3, 0.4) is 0 Å². The number of amides is 1. The van der Waals surface area contributed by atoms with Crippen LogP contribution in [0.25, 0.3) is 0 Å². The summed E-state index contributed by atoms with van der Waals surface area (Å²) in [5.41, 5.74) is 1.67. The Kier molecular flexibility index (Phi) is 6.76. The van der Waals surface area contributed by atoms with E-state index in [4.69, 9.17) is 4.74 Å². The topological polar surface area (TPSA) is 75.7 Å². The molecule has 0 bridgehead atoms. The van der Waals surface area contributed by atoms with Crippen LogP contribution in [0, 0.1) is 11.7 Å². The number of hydrogen-bond donors (Lipinski definition) is 1. The Hall–Kier alpha value is -3.23. The molecule has 0 saturated carbocycles. The number of nitrogens with one attached hydrogen (secondary N) is 1. The van der Waals surface area contributed by atoms with Gasteiger partial charge in [-0.3, -0.25) is 4.79 Å². The molecule has 8 heteroatoms. The van der Waals surface area contributed by atoms with Gasteiger partial charge in [0.15, 0.2) is 0 Å². The minimum Gasteiger partial charge on any atom is -0.497 e. The highest BCUT2D eigenvalue weighted by Crippen LogP contribution is 2.36. The lowest BCUT2D eigenvalue weighted by atomic mass is 9.88. The van der Waals surface area contributed by atoms with Crippen molar-refractivity contribution in [2.45, 2.75) is 17.4 Å². The SMILES string of the molecule is COc1ccc(S(=O)(=O)N2C[C@H](c3ccccc3)[C@H](C(=O)NCc3ccc(F)cc3)C2)cc1. The van der Waals surface area contributed by atoms with Gasteiger partial charge in [-0.15, -0.1) is 0 Å². The van der Waals surface area contributed by atoms with Gasteiger partial charge in [-0.25, -0.2) is 12.8 Å². The van der Waals surface area contributed by atoms with Gasteiger partial charge < -0.3 is 10.1 Å². The van der Waals surface area contributed by atoms with Crippen molar-refractivity contribution in [1.82, 2.24) is 9.62 Å². The third-order valence-electron chi connectivity index (χ3n) is 5.93. The Morgan fingerprint density at radius 1 is 1.00 bits per heavy atom. The number of halogens is 1. The van der Waals surface area contributed by atoms with Crippen LogP contribution in [0.15, 0.2) is 83.8 Å². The minimum absolute atomic E-state index is 0.0726. The van der Waals surface area contributed by atoms with Gasteiger partial charge in [-0.05, 0) is 47.5 Å². The molecule has 1 heterocycles. The van der Waals surface area contributed by atoms with Crippen molar-refractivity contribution >= 4 is 15.9 Å². The Morgan fingerprint density at radius 2 is 1.67 bits per heavy atom. The zero-order valence-corrected chi connectivity index (χ0v) is 19.0. The summed E-state index contributed by atoms with van der Waals surface area (Å²) in [7, 11) is -2.27. The number of methoxy groups -OCH3 is 1. The molecule has 33 heavy (non-hydrogen) atoms. The molecule has 0 radical (unpaired) electrons. The summed E-state index contributed by atoms with van der Waals surface area (Å²) in [6.45, 7) is 0.512. The number of hydrogen-bond acceptors (Lipinski definition) is 4. The van der Waals surface area contributed by atoms with E-state index in [0.717, 1.165) is 11.1 Å². The summed E-state index contributed by atoms with van der Waals surface area (Å²) in [5, 5.41) is 2.89. The van der Waals surface area contributed by atoms with E-state index in [9.17, 15) is 17.6 Å². The molecule has 0 unspecified atom stereocenters. The molecule has 0 spiro atoms. The highest BCUT2D eigenvalue weighted by Gasteiger charge is 2.43. The van der Waals surface area contributed by atoms with Gasteiger partial charge in [0.2, 0.25) is 15.9 Å². The lowest BCUT2D eigenvalue weighted by Crippen LogP contribution is -2.35. The van der Waals surface area contributed by atoms with E-state index in [0.29, 0.717) is 5.75 Å². The van der Waals surface area contributed by atoms with Crippen LogP contribution in [-0.4, -0.2) is 38.8 Å². The van der Waals surface area contributed by atoms with Gasteiger partial charge in [-0.2, -0.15) is 4.31 Å². The van der Waals surface area contributed by atoms with E-state index in [1.54, 1.807) is 24.3 Å². The summed E-state index contributed by atoms with van der Waals surface area (Å²) < 4.78 is 46.3. The molecule has 172 valence electrons. The highest BCUT2D eigenvalue weighted by molar-refractivity contribution is 7.89. The van der Waals surface area contributed by atoms with Crippen molar-refractivity contribution < 1.29 is 22.3 Å². The Bertz CT molecular complexity index is 1200. The number of sulfonamides is 1. The first-order chi connectivity index (χ1) is 15.9. The van der Waals surface area contributed by atoms with E-state index in [2.05, 4.69) is 5.32 Å². The van der Waals surface area contributed by atoms with Crippen LogP contribution in [0.5, 0.6) is 5.75 Å². The predicted molar refractivity (Wildman–Crippen MR) is 123 cm³/mol. The van der Waals surface area contributed by atoms with Crippen LogP contribution in [0.2, 0.25) is 0 Å². The second-order valence-electron chi connectivity index (χ2n) is 7.97. The smallest absolute Gasteiger partial charge is 0.243 e. The third-order valence-corrected chi connectivity index (χ3v) is 7.77. The standard InChI is InChI=1S/C25H25FN2O4S/c1-32-21-11-13-22(14-12-21)33(30,31)28-16-23(19-5-3-2-4-6-19)24(17-28)25(29)27-15-18-7-9-20(26)10-8-18/h2-14,23-24H,15-17H2,1H3,(H,27,29)/t23-,24-/m1/s1. The van der Waals surface area contributed by atoms with Crippen LogP contribution in [-0.2, 0) is 21.4 Å². The summed E-state index contributed by atoms with van der Waals surface area (Å²) in [5.74, 6) is -0.853. The van der Waals surface area contributed by atoms with Gasteiger partial charge in [-0.1, -0.05) is 42.5 Å². The molecule has 3 aromatic rings. The molecule has 4 rings (SSSR count). The highest BCUT2D eigenvalue weighted by atomic mass is 32.2.